The highest BCUT2D eigenvalue weighted by Crippen LogP contribution is 2.62. The van der Waals surface area contributed by atoms with Gasteiger partial charge in [0.25, 0.3) is 0 Å². The molecule has 4 heterocycles. The van der Waals surface area contributed by atoms with Crippen LogP contribution in [0.2, 0.25) is 0 Å². The van der Waals surface area contributed by atoms with E-state index >= 15 is 0 Å². The average Bonchev–Trinajstić information content (AvgIpc) is 2.38. The molecule has 4 aliphatic rings. The largest absolute Gasteiger partial charge is 0.455 e. The van der Waals surface area contributed by atoms with E-state index in [0.717, 1.165) is 55.3 Å². The molecule has 0 bridgehead atoms. The lowest BCUT2D eigenvalue weighted by Gasteiger charge is -2.25. The van der Waals surface area contributed by atoms with E-state index in [9.17, 15) is 0 Å². The molecule has 0 spiro atoms. The van der Waals surface area contributed by atoms with Crippen LogP contribution in [-0.4, -0.2) is 9.13 Å². The summed E-state index contributed by atoms with van der Waals surface area (Å²) in [5.74, 6) is 0. The smallest absolute Gasteiger partial charge is 0.145 e. The van der Waals surface area contributed by atoms with Gasteiger partial charge in [0.1, 0.15) is 22.3 Å². The summed E-state index contributed by atoms with van der Waals surface area (Å²) >= 11 is 0. The van der Waals surface area contributed by atoms with Gasteiger partial charge in [-0.05, 0) is 151 Å². The van der Waals surface area contributed by atoms with Gasteiger partial charge in [-0.1, -0.05) is 177 Å². The molecule has 0 amide bonds. The van der Waals surface area contributed by atoms with Crippen molar-refractivity contribution in [2.75, 3.05) is 0 Å². The van der Waals surface area contributed by atoms with Gasteiger partial charge in [0.05, 0.1) is 44.2 Å². The van der Waals surface area contributed by atoms with Crippen LogP contribution in [0.25, 0.3) is 143 Å². The van der Waals surface area contributed by atoms with Crippen LogP contribution in [-0.2, 0) is 21.7 Å². The summed E-state index contributed by atoms with van der Waals surface area (Å²) in [6.07, 6.45) is 0. The van der Waals surface area contributed by atoms with Gasteiger partial charge in [-0.25, -0.2) is 0 Å². The fraction of sp³-hybridized carbons (Fsp3) is 0.154. The summed E-state index contributed by atoms with van der Waals surface area (Å²) in [5, 5.41) is 9.56. The zero-order chi connectivity index (χ0) is 54.8. The molecule has 4 aromatic heterocycles. The van der Waals surface area contributed by atoms with Crippen molar-refractivity contribution in [2.45, 2.75) is 77.0 Å². The van der Waals surface area contributed by atoms with E-state index in [2.05, 4.69) is 259 Å². The molecule has 4 nitrogen and oxygen atoms in total. The third-order valence-corrected chi connectivity index (χ3v) is 20.9. The van der Waals surface area contributed by atoms with Crippen LogP contribution in [0.15, 0.2) is 203 Å². The van der Waals surface area contributed by atoms with Gasteiger partial charge in [-0.3, -0.25) is 0 Å². The quantitative estimate of drug-likeness (QED) is 0.173. The predicted octanol–water partition coefficient (Wildman–Crippen LogP) is 20.9. The number of aromatic nitrogens is 2. The van der Waals surface area contributed by atoms with E-state index in [0.29, 0.717) is 0 Å². The van der Waals surface area contributed by atoms with E-state index < -0.39 is 10.8 Å². The molecule has 0 N–H and O–H groups in total. The van der Waals surface area contributed by atoms with Gasteiger partial charge >= 0.3 is 0 Å². The van der Waals surface area contributed by atoms with Gasteiger partial charge in [0, 0.05) is 65.1 Å². The first-order valence-electron chi connectivity index (χ1n) is 29.2. The molecule has 0 radical (unpaired) electrons. The molecule has 0 saturated carbocycles. The van der Waals surface area contributed by atoms with E-state index in [1.807, 2.05) is 0 Å². The number of hydrogen-bond acceptors (Lipinski definition) is 2. The maximum atomic E-state index is 7.34. The second kappa shape index (κ2) is 14.6. The van der Waals surface area contributed by atoms with E-state index in [4.69, 9.17) is 8.83 Å². The minimum absolute atomic E-state index is 0.154. The second-order valence-corrected chi connectivity index (χ2v) is 26.3. The second-order valence-electron chi connectivity index (χ2n) is 26.3. The van der Waals surface area contributed by atoms with Crippen LogP contribution in [0.3, 0.4) is 0 Å². The summed E-state index contributed by atoms with van der Waals surface area (Å²) < 4.78 is 19.8. The standard InChI is InChI=1S/C78H56N2O2/c1-75(2)53-27-15-9-21-41(53)47-33-49-43-23-11-17-29-61(43)79(63(49)37-57(47)75)65-39-59-69(73-71(65)45-25-13-19-31-67(45)81-73)51-35-56-52(36-55(51)77(59,5)6)70-60(78(56,7)8)40-66(72-46-26-14-20-32-68(46)82-74(70)72)80-62-30-18-12-24-44(62)50-34-48-42-22-10-16-28-54(42)76(3,4)58(48)38-64(50)80/h9-40H,1-8H3. The lowest BCUT2D eigenvalue weighted by atomic mass is 9.79. The van der Waals surface area contributed by atoms with E-state index in [1.165, 1.54) is 133 Å². The molecule has 0 aliphatic heterocycles. The third kappa shape index (κ3) is 5.20. The molecular weight excluding hydrogens is 997 g/mol. The SMILES string of the molecule is CC1(C)c2ccccc2-c2cc3c4ccccc4n(-c4cc5c(c6oc7ccccc7c46)-c4cc6c(cc4C5(C)C)-c4c(cc(-n5c7ccccc7c7cc8c(cc75)C(C)(C)c5ccccc5-8)c5c4oc4ccccc45)C6(C)C)c3cc21. The Balaban J connectivity index is 0.863. The normalized spacial score (nSPS) is 16.2. The Hall–Kier alpha value is -9.38. The Kier molecular flexibility index (Phi) is 8.05. The van der Waals surface area contributed by atoms with Crippen LogP contribution in [0.5, 0.6) is 0 Å². The Bertz CT molecular complexity index is 5180. The molecule has 4 aliphatic carbocycles. The maximum absolute atomic E-state index is 7.34. The Morgan fingerprint density at radius 1 is 0.268 bits per heavy atom. The summed E-state index contributed by atoms with van der Waals surface area (Å²) in [6.45, 7) is 19.3. The molecule has 0 saturated heterocycles. The first-order valence-corrected chi connectivity index (χ1v) is 29.2. The van der Waals surface area contributed by atoms with Crippen LogP contribution < -0.4 is 0 Å². The topological polar surface area (TPSA) is 36.1 Å². The average molecular weight is 1050 g/mol. The molecule has 0 atom stereocenters. The van der Waals surface area contributed by atoms with Gasteiger partial charge in [0.15, 0.2) is 0 Å². The number of benzene rings is 11. The number of nitrogens with zero attached hydrogens (tertiary/aromatic N) is 2. The lowest BCUT2D eigenvalue weighted by molar-refractivity contribution is 0.648. The molecule has 4 heteroatoms. The first-order chi connectivity index (χ1) is 39.7. The fourth-order valence-corrected chi connectivity index (χ4v) is 16.8. The van der Waals surface area contributed by atoms with Gasteiger partial charge in [-0.15, -0.1) is 0 Å². The van der Waals surface area contributed by atoms with Gasteiger partial charge in [-0.2, -0.15) is 0 Å². The summed E-state index contributed by atoms with van der Waals surface area (Å²) in [6, 6.07) is 73.5. The van der Waals surface area contributed by atoms with Crippen molar-refractivity contribution in [3.63, 3.8) is 0 Å². The highest BCUT2D eigenvalue weighted by Gasteiger charge is 2.46. The van der Waals surface area contributed by atoms with Crippen molar-refractivity contribution in [2.24, 2.45) is 0 Å². The molecule has 19 rings (SSSR count). The number of furan rings is 2. The fourth-order valence-electron chi connectivity index (χ4n) is 16.8. The Morgan fingerprint density at radius 2 is 0.622 bits per heavy atom. The van der Waals surface area contributed by atoms with Crippen LogP contribution in [0, 0.1) is 0 Å². The molecule has 390 valence electrons. The van der Waals surface area contributed by atoms with Crippen molar-refractivity contribution in [1.29, 1.82) is 0 Å². The minimum Gasteiger partial charge on any atom is -0.455 e. The number of hydrogen-bond donors (Lipinski definition) is 0. The third-order valence-electron chi connectivity index (χ3n) is 20.9. The van der Waals surface area contributed by atoms with Crippen molar-refractivity contribution >= 4 is 87.5 Å². The minimum atomic E-state index is -0.401. The molecule has 15 aromatic rings. The van der Waals surface area contributed by atoms with Crippen molar-refractivity contribution in [3.8, 4) is 55.9 Å². The predicted molar refractivity (Wildman–Crippen MR) is 340 cm³/mol. The molecule has 0 unspecified atom stereocenters. The molecule has 82 heavy (non-hydrogen) atoms. The van der Waals surface area contributed by atoms with Crippen molar-refractivity contribution in [3.05, 3.63) is 239 Å². The summed E-state index contributed by atoms with van der Waals surface area (Å²) in [5.41, 5.74) is 30.6. The van der Waals surface area contributed by atoms with E-state index in [-0.39, 0.29) is 10.8 Å². The van der Waals surface area contributed by atoms with Gasteiger partial charge < -0.3 is 18.0 Å². The number of para-hydroxylation sites is 4. The lowest BCUT2D eigenvalue weighted by Crippen LogP contribution is -2.17. The zero-order valence-electron chi connectivity index (χ0n) is 47.2. The van der Waals surface area contributed by atoms with Gasteiger partial charge in [0.2, 0.25) is 0 Å². The molecule has 0 fully saturated rings. The Morgan fingerprint density at radius 3 is 1.06 bits per heavy atom. The molecule has 11 aromatic carbocycles. The van der Waals surface area contributed by atoms with Crippen LogP contribution in [0.1, 0.15) is 99.9 Å². The number of fused-ring (bicyclic) bond motifs is 26. The maximum Gasteiger partial charge on any atom is 0.145 e. The summed E-state index contributed by atoms with van der Waals surface area (Å²) in [7, 11) is 0. The van der Waals surface area contributed by atoms with Crippen molar-refractivity contribution < 1.29 is 8.83 Å². The van der Waals surface area contributed by atoms with Crippen LogP contribution >= 0.6 is 0 Å². The monoisotopic (exact) mass is 1050 g/mol. The highest BCUT2D eigenvalue weighted by molar-refractivity contribution is 6.22. The summed E-state index contributed by atoms with van der Waals surface area (Å²) in [4.78, 5) is 0. The highest BCUT2D eigenvalue weighted by atomic mass is 16.3. The number of rotatable bonds is 2. The zero-order valence-corrected chi connectivity index (χ0v) is 47.2. The first kappa shape index (κ1) is 45.4. The Labute approximate surface area is 474 Å². The van der Waals surface area contributed by atoms with E-state index in [1.54, 1.807) is 0 Å². The van der Waals surface area contributed by atoms with Crippen molar-refractivity contribution in [1.82, 2.24) is 9.13 Å². The van der Waals surface area contributed by atoms with Crippen LogP contribution in [0.4, 0.5) is 0 Å². The molecular formula is C78H56N2O2.